The van der Waals surface area contributed by atoms with Gasteiger partial charge in [-0.05, 0) is 39.0 Å². The minimum absolute atomic E-state index is 0.0703. The minimum Gasteiger partial charge on any atom is -0.351 e. The van der Waals surface area contributed by atoms with Crippen molar-refractivity contribution in [1.29, 1.82) is 0 Å². The number of quaternary nitrogens is 1. The van der Waals surface area contributed by atoms with Crippen molar-refractivity contribution in [1.82, 2.24) is 5.32 Å². The number of aliphatic imine (C=N–C) groups is 1. The largest absolute Gasteiger partial charge is 0.351 e. The van der Waals surface area contributed by atoms with Crippen LogP contribution in [0.3, 0.4) is 0 Å². The van der Waals surface area contributed by atoms with E-state index in [1.54, 1.807) is 6.92 Å². The van der Waals surface area contributed by atoms with E-state index in [1.807, 2.05) is 0 Å². The highest BCUT2D eigenvalue weighted by Gasteiger charge is 2.37. The molecule has 186 valence electrons. The van der Waals surface area contributed by atoms with Crippen molar-refractivity contribution in [3.05, 3.63) is 12.2 Å². The van der Waals surface area contributed by atoms with Gasteiger partial charge in [0.15, 0.2) is 6.17 Å². The Hall–Kier alpha value is -1.16. The second-order valence-electron chi connectivity index (χ2n) is 9.82. The van der Waals surface area contributed by atoms with Crippen LogP contribution in [0.2, 0.25) is 0 Å². The van der Waals surface area contributed by atoms with Gasteiger partial charge in [-0.25, -0.2) is 4.99 Å². The van der Waals surface area contributed by atoms with Crippen LogP contribution in [0.25, 0.3) is 0 Å². The average molecular weight is 449 g/mol. The first-order valence-corrected chi connectivity index (χ1v) is 13.9. The van der Waals surface area contributed by atoms with E-state index in [0.29, 0.717) is 6.17 Å². The van der Waals surface area contributed by atoms with Crippen LogP contribution in [-0.2, 0) is 4.79 Å². The molecule has 0 radical (unpaired) electrons. The van der Waals surface area contributed by atoms with Crippen LogP contribution in [0.4, 0.5) is 0 Å². The summed E-state index contributed by atoms with van der Waals surface area (Å²) < 4.78 is 1.02. The van der Waals surface area contributed by atoms with Crippen LogP contribution >= 0.6 is 0 Å². The van der Waals surface area contributed by atoms with Gasteiger partial charge in [-0.15, -0.1) is 0 Å². The molecule has 0 aromatic rings. The monoisotopic (exact) mass is 448 g/mol. The Morgan fingerprint density at radius 2 is 1.47 bits per heavy atom. The molecule has 2 atom stereocenters. The predicted molar refractivity (Wildman–Crippen MR) is 140 cm³/mol. The van der Waals surface area contributed by atoms with E-state index >= 15 is 0 Å². The van der Waals surface area contributed by atoms with E-state index < -0.39 is 0 Å². The Morgan fingerprint density at radius 1 is 0.906 bits per heavy atom. The van der Waals surface area contributed by atoms with Crippen molar-refractivity contribution >= 4 is 12.1 Å². The summed E-state index contributed by atoms with van der Waals surface area (Å²) in [5, 5.41) is 2.96. The number of amides is 1. The van der Waals surface area contributed by atoms with Crippen LogP contribution in [0.5, 0.6) is 0 Å². The first kappa shape index (κ1) is 28.9. The zero-order chi connectivity index (χ0) is 23.3. The van der Waals surface area contributed by atoms with Crippen molar-refractivity contribution in [2.24, 2.45) is 4.99 Å². The lowest BCUT2D eigenvalue weighted by molar-refractivity contribution is -0.935. The molecule has 32 heavy (non-hydrogen) atoms. The third-order valence-corrected chi connectivity index (χ3v) is 7.14. The van der Waals surface area contributed by atoms with Crippen molar-refractivity contribution in [3.8, 4) is 0 Å². The number of hydrogen-bond acceptors (Lipinski definition) is 2. The maximum atomic E-state index is 11.2. The molecule has 1 aliphatic rings. The molecule has 4 heteroatoms. The Balaban J connectivity index is 1.95. The van der Waals surface area contributed by atoms with Gasteiger partial charge >= 0.3 is 0 Å². The van der Waals surface area contributed by atoms with Gasteiger partial charge in [0, 0.05) is 13.3 Å². The molecule has 0 aromatic heterocycles. The van der Waals surface area contributed by atoms with E-state index in [4.69, 9.17) is 4.99 Å². The molecule has 0 aliphatic carbocycles. The second kappa shape index (κ2) is 19.3. The molecule has 1 aliphatic heterocycles. The lowest BCUT2D eigenvalue weighted by atomic mass is 10.0. The van der Waals surface area contributed by atoms with E-state index in [2.05, 4.69) is 37.5 Å². The normalized spacial score (nSPS) is 20.4. The van der Waals surface area contributed by atoms with Crippen molar-refractivity contribution in [2.45, 2.75) is 130 Å². The van der Waals surface area contributed by atoms with E-state index in [9.17, 15) is 4.79 Å². The summed E-state index contributed by atoms with van der Waals surface area (Å²) in [5.74, 6) is 0.0703. The Labute approximate surface area is 199 Å². The fraction of sp³-hybridized carbons (Fsp3) is 0.857. The molecule has 1 N–H and O–H groups in total. The number of carbonyl (C=O) groups excluding carboxylic acids is 1. The summed E-state index contributed by atoms with van der Waals surface area (Å²) in [6, 6.07) is 0. The zero-order valence-corrected chi connectivity index (χ0v) is 21.8. The van der Waals surface area contributed by atoms with Gasteiger partial charge in [-0.3, -0.25) is 9.28 Å². The lowest BCUT2D eigenvalue weighted by Crippen LogP contribution is -2.55. The van der Waals surface area contributed by atoms with Crippen LogP contribution in [0, 0.1) is 0 Å². The summed E-state index contributed by atoms with van der Waals surface area (Å²) in [6.45, 7) is 10.0. The molecule has 1 heterocycles. The van der Waals surface area contributed by atoms with Crippen LogP contribution in [-0.4, -0.2) is 48.9 Å². The van der Waals surface area contributed by atoms with Gasteiger partial charge in [0.25, 0.3) is 0 Å². The van der Waals surface area contributed by atoms with Gasteiger partial charge < -0.3 is 5.32 Å². The summed E-state index contributed by atoms with van der Waals surface area (Å²) in [7, 11) is 0. The van der Waals surface area contributed by atoms with Crippen LogP contribution in [0.15, 0.2) is 17.1 Å². The SMILES string of the molecule is CCCCCC/C=C/CCCCCCCCCCCC1N=CC[N+]1(CC)CCNC(C)=O. The average Bonchev–Trinajstić information content (AvgIpc) is 3.18. The Morgan fingerprint density at radius 3 is 2.03 bits per heavy atom. The molecule has 0 spiro atoms. The number of rotatable bonds is 21. The maximum absolute atomic E-state index is 11.2. The summed E-state index contributed by atoms with van der Waals surface area (Å²) >= 11 is 0. The second-order valence-corrected chi connectivity index (χ2v) is 9.82. The van der Waals surface area contributed by atoms with E-state index in [0.717, 1.165) is 30.7 Å². The lowest BCUT2D eigenvalue weighted by Gasteiger charge is -2.38. The standard InChI is InChI=1S/C28H53N3O/c1-4-6-7-8-9-10-11-12-13-14-15-16-17-18-19-20-21-22-28-30-24-26-31(28,5-2)25-23-29-27(3)32/h10-11,24,28H,4-9,12-23,25-26H2,1-3H3/p+1/b11-10+. The van der Waals surface area contributed by atoms with Crippen LogP contribution in [0.1, 0.15) is 124 Å². The number of carbonyl (C=O) groups is 1. The van der Waals surface area contributed by atoms with Gasteiger partial charge in [0.05, 0.1) is 25.8 Å². The number of unbranched alkanes of at least 4 members (excludes halogenated alkanes) is 13. The van der Waals surface area contributed by atoms with Crippen molar-refractivity contribution in [3.63, 3.8) is 0 Å². The Kier molecular flexibility index (Phi) is 17.4. The van der Waals surface area contributed by atoms with Gasteiger partial charge in [-0.1, -0.05) is 83.3 Å². The highest BCUT2D eigenvalue weighted by Crippen LogP contribution is 2.24. The molecule has 0 aromatic carbocycles. The number of likely N-dealkylation sites (N-methyl/N-ethyl adjacent to an activating group) is 1. The Bertz CT molecular complexity index is 517. The highest BCUT2D eigenvalue weighted by molar-refractivity contribution is 5.72. The van der Waals surface area contributed by atoms with Gasteiger partial charge in [-0.2, -0.15) is 0 Å². The quantitative estimate of drug-likeness (QED) is 0.113. The molecule has 0 saturated carbocycles. The van der Waals surface area contributed by atoms with Gasteiger partial charge in [0.1, 0.15) is 6.54 Å². The van der Waals surface area contributed by atoms with Crippen molar-refractivity contribution < 1.29 is 9.28 Å². The van der Waals surface area contributed by atoms with E-state index in [-0.39, 0.29) is 5.91 Å². The number of allylic oxidation sites excluding steroid dienone is 2. The molecular weight excluding hydrogens is 394 g/mol. The molecule has 2 unspecified atom stereocenters. The number of nitrogens with zero attached hydrogens (tertiary/aromatic N) is 2. The predicted octanol–water partition coefficient (Wildman–Crippen LogP) is 7.19. The topological polar surface area (TPSA) is 41.5 Å². The van der Waals surface area contributed by atoms with Gasteiger partial charge in [0.2, 0.25) is 5.91 Å². The molecule has 1 amide bonds. The number of hydrogen-bond donors (Lipinski definition) is 1. The van der Waals surface area contributed by atoms with Crippen molar-refractivity contribution in [2.75, 3.05) is 26.2 Å². The minimum atomic E-state index is 0.0703. The molecular formula is C28H54N3O+. The summed E-state index contributed by atoms with van der Waals surface area (Å²) in [4.78, 5) is 16.0. The summed E-state index contributed by atoms with van der Waals surface area (Å²) in [6.07, 6.45) is 28.9. The first-order chi connectivity index (χ1) is 15.6. The third-order valence-electron chi connectivity index (χ3n) is 7.14. The smallest absolute Gasteiger partial charge is 0.217 e. The van der Waals surface area contributed by atoms with E-state index in [1.165, 1.54) is 103 Å². The molecule has 0 fully saturated rings. The molecule has 0 bridgehead atoms. The molecule has 0 saturated heterocycles. The van der Waals surface area contributed by atoms with Crippen LogP contribution < -0.4 is 5.32 Å². The first-order valence-electron chi connectivity index (χ1n) is 13.9. The zero-order valence-electron chi connectivity index (χ0n) is 21.8. The fourth-order valence-corrected chi connectivity index (χ4v) is 4.89. The third kappa shape index (κ3) is 13.4. The summed E-state index contributed by atoms with van der Waals surface area (Å²) in [5.41, 5.74) is 0. The highest BCUT2D eigenvalue weighted by atomic mass is 16.1. The fourth-order valence-electron chi connectivity index (χ4n) is 4.89. The maximum Gasteiger partial charge on any atom is 0.217 e. The number of nitrogens with one attached hydrogen (secondary N) is 1. The molecule has 4 nitrogen and oxygen atoms in total. The molecule has 1 rings (SSSR count).